The third-order valence-corrected chi connectivity index (χ3v) is 4.18. The van der Waals surface area contributed by atoms with E-state index in [1.165, 1.54) is 5.69 Å². The van der Waals surface area contributed by atoms with Gasteiger partial charge in [-0.1, -0.05) is 36.4 Å². The van der Waals surface area contributed by atoms with Gasteiger partial charge >= 0.3 is 0 Å². The molecule has 2 aromatic rings. The molecular weight excluding hydrogens is 314 g/mol. The number of nitrogens with two attached hydrogens (primary N) is 1. The molecule has 6 nitrogen and oxygen atoms in total. The number of nitrogens with zero attached hydrogens (tertiary/aromatic N) is 3. The van der Waals surface area contributed by atoms with Crippen molar-refractivity contribution in [3.63, 3.8) is 0 Å². The Kier molecular flexibility index (Phi) is 5.51. The molecule has 1 saturated heterocycles. The number of nitrogens with one attached hydrogen (secondary N) is 1. The second kappa shape index (κ2) is 8.19. The van der Waals surface area contributed by atoms with Crippen LogP contribution in [0.2, 0.25) is 0 Å². The van der Waals surface area contributed by atoms with Gasteiger partial charge in [-0.3, -0.25) is 4.79 Å². The molecule has 2 aromatic carbocycles. The van der Waals surface area contributed by atoms with Gasteiger partial charge in [0, 0.05) is 37.6 Å². The third kappa shape index (κ3) is 4.73. The van der Waals surface area contributed by atoms with E-state index in [1.807, 2.05) is 53.4 Å². The zero-order valence-corrected chi connectivity index (χ0v) is 14.1. The Bertz CT molecular complexity index is 709. The lowest BCUT2D eigenvalue weighted by Gasteiger charge is -2.35. The van der Waals surface area contributed by atoms with Crippen molar-refractivity contribution < 1.29 is 4.79 Å². The standard InChI is InChI=1S/C19H23N5O/c20-19(22-16-7-3-1-4-8-16)21-15-18(25)24-13-11-23(12-14-24)17-9-5-2-6-10-17/h1-10H,11-15H2,(H3,20,21,22). The first kappa shape index (κ1) is 16.8. The number of amides is 1. The largest absolute Gasteiger partial charge is 0.370 e. The van der Waals surface area contributed by atoms with Crippen molar-refractivity contribution in [3.8, 4) is 0 Å². The average molecular weight is 337 g/mol. The van der Waals surface area contributed by atoms with Crippen LogP contribution in [0.5, 0.6) is 0 Å². The number of para-hydroxylation sites is 2. The van der Waals surface area contributed by atoms with Crippen LogP contribution in [0.3, 0.4) is 0 Å². The van der Waals surface area contributed by atoms with Crippen LogP contribution in [0.15, 0.2) is 65.7 Å². The van der Waals surface area contributed by atoms with Crippen molar-refractivity contribution in [1.29, 1.82) is 0 Å². The summed E-state index contributed by atoms with van der Waals surface area (Å²) in [5, 5.41) is 2.98. The van der Waals surface area contributed by atoms with E-state index in [-0.39, 0.29) is 18.4 Å². The second-order valence-corrected chi connectivity index (χ2v) is 5.90. The van der Waals surface area contributed by atoms with Crippen LogP contribution in [0.4, 0.5) is 11.4 Å². The molecule has 1 amide bonds. The van der Waals surface area contributed by atoms with Crippen LogP contribution in [-0.2, 0) is 4.79 Å². The van der Waals surface area contributed by atoms with Gasteiger partial charge in [-0.05, 0) is 24.3 Å². The van der Waals surface area contributed by atoms with E-state index in [2.05, 4.69) is 27.3 Å². The highest BCUT2D eigenvalue weighted by molar-refractivity contribution is 5.93. The number of carbonyl (C=O) groups excluding carboxylic acids is 1. The molecule has 3 rings (SSSR count). The summed E-state index contributed by atoms with van der Waals surface area (Å²) in [6.07, 6.45) is 0. The Balaban J connectivity index is 1.47. The molecule has 0 saturated carbocycles. The summed E-state index contributed by atoms with van der Waals surface area (Å²) >= 11 is 0. The summed E-state index contributed by atoms with van der Waals surface area (Å²) in [6, 6.07) is 19.8. The van der Waals surface area contributed by atoms with E-state index in [1.54, 1.807) is 0 Å². The third-order valence-electron chi connectivity index (χ3n) is 4.18. The normalized spacial score (nSPS) is 15.1. The van der Waals surface area contributed by atoms with Crippen molar-refractivity contribution in [2.45, 2.75) is 0 Å². The summed E-state index contributed by atoms with van der Waals surface area (Å²) in [6.45, 7) is 3.13. The fourth-order valence-corrected chi connectivity index (χ4v) is 2.81. The number of guanidine groups is 1. The maximum absolute atomic E-state index is 12.3. The fraction of sp³-hybridized carbons (Fsp3) is 0.263. The molecular formula is C19H23N5O. The lowest BCUT2D eigenvalue weighted by Crippen LogP contribution is -2.49. The molecule has 0 bridgehead atoms. The van der Waals surface area contributed by atoms with E-state index in [0.29, 0.717) is 13.1 Å². The quantitative estimate of drug-likeness (QED) is 0.659. The van der Waals surface area contributed by atoms with E-state index in [0.717, 1.165) is 18.8 Å². The van der Waals surface area contributed by atoms with Gasteiger partial charge in [0.25, 0.3) is 0 Å². The predicted octanol–water partition coefficient (Wildman–Crippen LogP) is 1.76. The maximum atomic E-state index is 12.3. The van der Waals surface area contributed by atoms with E-state index in [9.17, 15) is 4.79 Å². The first-order valence-electron chi connectivity index (χ1n) is 8.42. The predicted molar refractivity (Wildman–Crippen MR) is 102 cm³/mol. The minimum Gasteiger partial charge on any atom is -0.370 e. The number of hydrogen-bond donors (Lipinski definition) is 2. The molecule has 0 atom stereocenters. The molecule has 1 heterocycles. The topological polar surface area (TPSA) is 74.0 Å². The lowest BCUT2D eigenvalue weighted by atomic mass is 10.2. The number of piperazine rings is 1. The van der Waals surface area contributed by atoms with Crippen molar-refractivity contribution in [1.82, 2.24) is 4.90 Å². The van der Waals surface area contributed by atoms with Crippen molar-refractivity contribution >= 4 is 23.2 Å². The Morgan fingerprint density at radius 2 is 1.56 bits per heavy atom. The van der Waals surface area contributed by atoms with Gasteiger partial charge in [0.2, 0.25) is 5.91 Å². The van der Waals surface area contributed by atoms with Gasteiger partial charge in [-0.15, -0.1) is 0 Å². The zero-order valence-electron chi connectivity index (χ0n) is 14.1. The van der Waals surface area contributed by atoms with Crippen LogP contribution in [0.25, 0.3) is 0 Å². The molecule has 1 aliphatic heterocycles. The zero-order chi connectivity index (χ0) is 17.5. The molecule has 6 heteroatoms. The molecule has 0 aliphatic carbocycles. The summed E-state index contributed by atoms with van der Waals surface area (Å²) in [7, 11) is 0. The molecule has 0 radical (unpaired) electrons. The minimum absolute atomic E-state index is 0.00511. The van der Waals surface area contributed by atoms with Crippen LogP contribution >= 0.6 is 0 Å². The Labute approximate surface area is 148 Å². The SMILES string of the molecule is NC(=NCC(=O)N1CCN(c2ccccc2)CC1)Nc1ccccc1. The van der Waals surface area contributed by atoms with Gasteiger partial charge in [-0.2, -0.15) is 0 Å². The van der Waals surface area contributed by atoms with Crippen LogP contribution < -0.4 is 16.0 Å². The fourth-order valence-electron chi connectivity index (χ4n) is 2.81. The Morgan fingerprint density at radius 1 is 0.960 bits per heavy atom. The summed E-state index contributed by atoms with van der Waals surface area (Å²) < 4.78 is 0. The Morgan fingerprint density at radius 3 is 2.20 bits per heavy atom. The molecule has 0 spiro atoms. The first-order chi connectivity index (χ1) is 12.2. The average Bonchev–Trinajstić information content (AvgIpc) is 2.68. The maximum Gasteiger partial charge on any atom is 0.244 e. The molecule has 25 heavy (non-hydrogen) atoms. The van der Waals surface area contributed by atoms with Gasteiger partial charge in [0.1, 0.15) is 6.54 Å². The lowest BCUT2D eigenvalue weighted by molar-refractivity contribution is -0.129. The molecule has 0 unspecified atom stereocenters. The monoisotopic (exact) mass is 337 g/mol. The molecule has 1 aliphatic rings. The number of aliphatic imine (C=N–C) groups is 1. The van der Waals surface area contributed by atoms with E-state index in [4.69, 9.17) is 5.73 Å². The van der Waals surface area contributed by atoms with Crippen LogP contribution in [0, 0.1) is 0 Å². The van der Waals surface area contributed by atoms with Gasteiger partial charge in [-0.25, -0.2) is 4.99 Å². The summed E-state index contributed by atoms with van der Waals surface area (Å²) in [4.78, 5) is 20.6. The Hall–Kier alpha value is -3.02. The number of anilines is 2. The van der Waals surface area contributed by atoms with Crippen LogP contribution in [0.1, 0.15) is 0 Å². The molecule has 1 fully saturated rings. The van der Waals surface area contributed by atoms with E-state index >= 15 is 0 Å². The second-order valence-electron chi connectivity index (χ2n) is 5.90. The van der Waals surface area contributed by atoms with Gasteiger partial charge in [0.15, 0.2) is 5.96 Å². The molecule has 0 aromatic heterocycles. The summed E-state index contributed by atoms with van der Waals surface area (Å²) in [5.74, 6) is 0.257. The van der Waals surface area contributed by atoms with Crippen LogP contribution in [-0.4, -0.2) is 49.5 Å². The van der Waals surface area contributed by atoms with Gasteiger partial charge in [0.05, 0.1) is 0 Å². The minimum atomic E-state index is 0.00511. The van der Waals surface area contributed by atoms with Crippen molar-refractivity contribution in [3.05, 3.63) is 60.7 Å². The van der Waals surface area contributed by atoms with Gasteiger partial charge < -0.3 is 20.9 Å². The number of carbonyl (C=O) groups is 1. The summed E-state index contributed by atoms with van der Waals surface area (Å²) in [5.41, 5.74) is 7.89. The van der Waals surface area contributed by atoms with Crippen molar-refractivity contribution in [2.24, 2.45) is 10.7 Å². The molecule has 3 N–H and O–H groups in total. The number of hydrogen-bond acceptors (Lipinski definition) is 3. The molecule has 130 valence electrons. The highest BCUT2D eigenvalue weighted by Crippen LogP contribution is 2.15. The number of benzene rings is 2. The highest BCUT2D eigenvalue weighted by Gasteiger charge is 2.20. The highest BCUT2D eigenvalue weighted by atomic mass is 16.2. The number of rotatable bonds is 4. The van der Waals surface area contributed by atoms with E-state index < -0.39 is 0 Å². The first-order valence-corrected chi connectivity index (χ1v) is 8.42. The smallest absolute Gasteiger partial charge is 0.244 e. The van der Waals surface area contributed by atoms with Crippen molar-refractivity contribution in [2.75, 3.05) is 42.9 Å².